The number of fused-ring (bicyclic) bond motifs is 14. The molecule has 8 heterocycles. The van der Waals surface area contributed by atoms with Gasteiger partial charge in [-0.2, -0.15) is 0 Å². The number of amides is 5. The van der Waals surface area contributed by atoms with E-state index in [0.29, 0.717) is 79.5 Å². The van der Waals surface area contributed by atoms with E-state index in [0.717, 1.165) is 0 Å². The Morgan fingerprint density at radius 3 is 2.21 bits per heavy atom. The number of carboxylic acids is 1. The second kappa shape index (κ2) is 26.2. The highest BCUT2D eigenvalue weighted by molar-refractivity contribution is 7.15. The zero-order valence-electron chi connectivity index (χ0n) is 44.9. The molecule has 9 rings (SSSR count). The second-order valence-corrected chi connectivity index (χ2v) is 24.9. The predicted molar refractivity (Wildman–Crippen MR) is 313 cm³/mol. The smallest absolute Gasteiger partial charge is 0.303 e. The fourth-order valence-corrected chi connectivity index (χ4v) is 14.3. The first-order valence-corrected chi connectivity index (χ1v) is 30.7. The number of aliphatic hydroxyl groups excluding tert-OH is 1. The number of carboxylic acid groups (broad SMARTS) is 1. The van der Waals surface area contributed by atoms with Gasteiger partial charge >= 0.3 is 5.97 Å². The van der Waals surface area contributed by atoms with Crippen molar-refractivity contribution in [2.75, 3.05) is 32.6 Å². The summed E-state index contributed by atoms with van der Waals surface area (Å²) in [7, 11) is 4.52. The lowest BCUT2D eigenvalue weighted by molar-refractivity contribution is -0.137. The molecule has 1 aliphatic heterocycles. The molecule has 0 saturated carbocycles. The number of benzene rings is 1. The third-order valence-electron chi connectivity index (χ3n) is 13.1. The fraction of sp³-hybridized carbons (Fsp3) is 0.333. The predicted octanol–water partition coefficient (Wildman–Crippen LogP) is 8.42. The van der Waals surface area contributed by atoms with E-state index in [2.05, 4.69) is 21.3 Å². The first-order valence-electron chi connectivity index (χ1n) is 25.5. The van der Waals surface area contributed by atoms with Gasteiger partial charge < -0.3 is 36.2 Å². The fourth-order valence-electron chi connectivity index (χ4n) is 8.67. The molecule has 22 nitrogen and oxygen atoms in total. The van der Waals surface area contributed by atoms with Gasteiger partial charge in [0.25, 0.3) is 11.8 Å². The Labute approximate surface area is 493 Å². The van der Waals surface area contributed by atoms with E-state index in [1.807, 2.05) is 13.8 Å². The van der Waals surface area contributed by atoms with Crippen molar-refractivity contribution >= 4 is 115 Å². The molecule has 8 aromatic rings. The summed E-state index contributed by atoms with van der Waals surface area (Å²) in [6.45, 7) is 5.15. The number of rotatable bonds is 13. The first-order chi connectivity index (χ1) is 39.4. The molecule has 10 bridgehead atoms. The number of hydrogen-bond acceptors (Lipinski definition) is 22. The monoisotopic (exact) mass is 1220 g/mol. The molecule has 4 atom stereocenters. The molecule has 1 unspecified atom stereocenters. The number of methoxy groups -OCH3 is 1. The molecule has 1 aromatic carbocycles. The highest BCUT2D eigenvalue weighted by atomic mass is 32.1. The average Bonchev–Trinajstić information content (AvgIpc) is 4.44. The van der Waals surface area contributed by atoms with Crippen molar-refractivity contribution in [3.8, 4) is 43.4 Å². The highest BCUT2D eigenvalue weighted by Gasteiger charge is 2.33. The van der Waals surface area contributed by atoms with Gasteiger partial charge in [-0.15, -0.1) is 68.0 Å². The van der Waals surface area contributed by atoms with Gasteiger partial charge in [-0.3, -0.25) is 38.5 Å². The summed E-state index contributed by atoms with van der Waals surface area (Å²) in [5, 5.41) is 41.4. The number of ether oxygens (including phenoxy) is 1. The van der Waals surface area contributed by atoms with Crippen LogP contribution in [0.5, 0.6) is 0 Å². The van der Waals surface area contributed by atoms with E-state index in [1.54, 1.807) is 78.0 Å². The van der Waals surface area contributed by atoms with Crippen LogP contribution >= 0.6 is 68.0 Å². The molecule has 1 aliphatic rings. The molecule has 82 heavy (non-hydrogen) atoms. The summed E-state index contributed by atoms with van der Waals surface area (Å²) in [4.78, 5) is 130. The SMILES string of the molecule is CNC(=O)C[C@@H]1NC(=O)c2csc(n2)-c2ccc(-c3nc(N(C)C(=O)CCCC(=O)O)cs3)nc2-c2csc(n2)-c2csc(n2)[C@H]([C@@H](O)c2ccccc2)NC(=O)CNC(=O)c2nc(sc2COC)C(C(C)C)CC(=O)c2nc1sc2C. The molecule has 7 aromatic heterocycles. The van der Waals surface area contributed by atoms with E-state index < -0.39 is 54.3 Å². The van der Waals surface area contributed by atoms with Crippen molar-refractivity contribution in [3.63, 3.8) is 0 Å². The van der Waals surface area contributed by atoms with Crippen molar-refractivity contribution in [3.05, 3.63) is 111 Å². The number of nitrogens with one attached hydrogen (secondary N) is 4. The van der Waals surface area contributed by atoms with Gasteiger partial charge in [0.05, 0.1) is 41.2 Å². The van der Waals surface area contributed by atoms with E-state index in [-0.39, 0.29) is 79.3 Å². The summed E-state index contributed by atoms with van der Waals surface area (Å²) in [6.07, 6.45) is -1.48. The maximum absolute atomic E-state index is 14.3. The lowest BCUT2D eigenvalue weighted by Crippen LogP contribution is -2.40. The minimum atomic E-state index is -1.27. The number of anilines is 1. The number of Topliss-reactive ketones (excluding diaryl/α,β-unsaturated/α-hetero) is 1. The van der Waals surface area contributed by atoms with Gasteiger partial charge in [-0.1, -0.05) is 44.2 Å². The quantitative estimate of drug-likeness (QED) is 0.0631. The van der Waals surface area contributed by atoms with Crippen LogP contribution in [0.2, 0.25) is 0 Å². The Morgan fingerprint density at radius 1 is 0.756 bits per heavy atom. The molecule has 0 spiro atoms. The van der Waals surface area contributed by atoms with E-state index in [1.165, 1.54) is 87.1 Å². The van der Waals surface area contributed by atoms with E-state index >= 15 is 0 Å². The summed E-state index contributed by atoms with van der Waals surface area (Å²) in [5.74, 6) is -4.15. The Balaban J connectivity index is 1.12. The molecule has 0 aliphatic carbocycles. The van der Waals surface area contributed by atoms with Crippen LogP contribution in [0.25, 0.3) is 43.4 Å². The zero-order valence-corrected chi connectivity index (χ0v) is 49.8. The maximum atomic E-state index is 14.3. The Hall–Kier alpha value is -7.44. The number of carbonyl (C=O) groups excluding carboxylic acids is 6. The normalized spacial score (nSPS) is 16.5. The summed E-state index contributed by atoms with van der Waals surface area (Å²) < 4.78 is 5.46. The molecule has 0 saturated heterocycles. The standard InChI is InChI=1S/C54H54N12O10S6/c1-25(2)29-17-35(67)42-26(3)81-53(64-42)31(18-38(68)55-4)58-47(74)33-22-77-49(60-33)28-15-16-30(51-62-37(24-80-51)66(5)40(70)13-10-14-41(71)72)57-43(28)32-21-78-52(59-32)34-23-79-54(61-34)45(46(73)27-11-8-7-9-12-27)63-39(69)19-56-48(75)44-36(20-76-6)82-50(29)65-44/h7-9,11-12,15-16,21-25,29,31,45-46,73H,10,13-14,17-20H2,1-6H3,(H,55,68)(H,56,75)(H,58,74)(H,63,69)(H,71,72)/t29?,31-,45-,46-/m0/s1. The van der Waals surface area contributed by atoms with Crippen molar-refractivity contribution in [2.45, 2.75) is 83.6 Å². The summed E-state index contributed by atoms with van der Waals surface area (Å²) in [5.41, 5.74) is 2.85. The minimum absolute atomic E-state index is 0.0154. The molecular weight excluding hydrogens is 1170 g/mol. The van der Waals surface area contributed by atoms with Crippen molar-refractivity contribution in [1.29, 1.82) is 0 Å². The number of aromatic nitrogens is 7. The molecule has 0 fully saturated rings. The van der Waals surface area contributed by atoms with Crippen molar-refractivity contribution in [1.82, 2.24) is 56.2 Å². The van der Waals surface area contributed by atoms with Crippen LogP contribution in [0.4, 0.5) is 5.82 Å². The third-order valence-corrected chi connectivity index (χ3v) is 18.9. The second-order valence-electron chi connectivity index (χ2n) is 19.1. The van der Waals surface area contributed by atoms with Crippen LogP contribution in [0, 0.1) is 12.8 Å². The van der Waals surface area contributed by atoms with Gasteiger partial charge in [-0.05, 0) is 37.0 Å². The highest BCUT2D eigenvalue weighted by Crippen LogP contribution is 2.41. The van der Waals surface area contributed by atoms with Gasteiger partial charge in [0, 0.05) is 78.3 Å². The van der Waals surface area contributed by atoms with Gasteiger partial charge in [-0.25, -0.2) is 34.9 Å². The van der Waals surface area contributed by atoms with Crippen molar-refractivity contribution < 1.29 is 48.5 Å². The molecule has 5 amide bonds. The van der Waals surface area contributed by atoms with E-state index in [9.17, 15) is 38.7 Å². The van der Waals surface area contributed by atoms with Gasteiger partial charge in [0.15, 0.2) is 5.78 Å². The summed E-state index contributed by atoms with van der Waals surface area (Å²) >= 11 is 7.28. The molecule has 28 heteroatoms. The maximum Gasteiger partial charge on any atom is 0.303 e. The minimum Gasteiger partial charge on any atom is -0.481 e. The molecule has 6 N–H and O–H groups in total. The molecule has 426 valence electrons. The third kappa shape index (κ3) is 13.6. The lowest BCUT2D eigenvalue weighted by atomic mass is 9.90. The van der Waals surface area contributed by atoms with Crippen LogP contribution in [0.15, 0.2) is 64.0 Å². The largest absolute Gasteiger partial charge is 0.481 e. The number of ketones is 1. The van der Waals surface area contributed by atoms with Crippen LogP contribution in [-0.2, 0) is 30.5 Å². The molecular formula is C54H54N12O10S6. The first kappa shape index (κ1) is 59.2. The molecule has 0 radical (unpaired) electrons. The van der Waals surface area contributed by atoms with Crippen LogP contribution in [0.1, 0.15) is 132 Å². The van der Waals surface area contributed by atoms with Gasteiger partial charge in [0.2, 0.25) is 17.7 Å². The summed E-state index contributed by atoms with van der Waals surface area (Å²) in [6, 6.07) is 10.2. The average molecular weight is 1220 g/mol. The topological polar surface area (TPSA) is 311 Å². The van der Waals surface area contributed by atoms with Crippen LogP contribution in [-0.4, -0.2) is 114 Å². The van der Waals surface area contributed by atoms with Crippen LogP contribution < -0.4 is 26.2 Å². The van der Waals surface area contributed by atoms with E-state index in [4.69, 9.17) is 44.7 Å². The zero-order chi connectivity index (χ0) is 58.4. The van der Waals surface area contributed by atoms with Crippen molar-refractivity contribution in [2.24, 2.45) is 5.92 Å². The number of carbonyl (C=O) groups is 7. The van der Waals surface area contributed by atoms with Gasteiger partial charge in [0.1, 0.15) is 77.2 Å². The number of pyridine rings is 1. The Kier molecular flexibility index (Phi) is 18.9. The Bertz CT molecular complexity index is 3680. The Morgan fingerprint density at radius 2 is 1.46 bits per heavy atom. The number of aryl methyl sites for hydroxylation is 1. The number of aliphatic hydroxyl groups is 1. The lowest BCUT2D eigenvalue weighted by Gasteiger charge is -2.23. The number of thiazole rings is 6. The van der Waals surface area contributed by atoms with Crippen LogP contribution in [0.3, 0.4) is 0 Å². The number of nitrogens with zero attached hydrogens (tertiary/aromatic N) is 8. The number of aliphatic carboxylic acids is 1. The number of hydrogen-bond donors (Lipinski definition) is 6.